The van der Waals surface area contributed by atoms with Crippen molar-refractivity contribution >= 4 is 47.3 Å². The summed E-state index contributed by atoms with van der Waals surface area (Å²) in [4.78, 5) is 102. The molecule has 0 bridgehead atoms. The van der Waals surface area contributed by atoms with Crippen LogP contribution in [0.25, 0.3) is 0 Å². The first kappa shape index (κ1) is 55.3. The van der Waals surface area contributed by atoms with Gasteiger partial charge in [0.1, 0.15) is 24.2 Å². The summed E-state index contributed by atoms with van der Waals surface area (Å²) in [5, 5.41) is 30.2. The van der Waals surface area contributed by atoms with Crippen molar-refractivity contribution in [3.8, 4) is 0 Å². The molecule has 2 aromatic carbocycles. The average Bonchev–Trinajstić information content (AvgIpc) is 3.25. The second-order valence-electron chi connectivity index (χ2n) is 17.3. The van der Waals surface area contributed by atoms with Crippen LogP contribution in [-0.4, -0.2) is 106 Å². The predicted octanol–water partition coefficient (Wildman–Crippen LogP) is 3.18. The van der Waals surface area contributed by atoms with Gasteiger partial charge in [-0.3, -0.25) is 33.6 Å². The largest absolute Gasteiger partial charge is 0.480 e. The molecule has 10 N–H and O–H groups in total. The highest BCUT2D eigenvalue weighted by atomic mass is 16.4. The smallest absolute Gasteiger partial charge is 0.326 e. The number of carbonyl (C=O) groups excluding carboxylic acids is 7. The summed E-state index contributed by atoms with van der Waals surface area (Å²) in [6.07, 6.45) is 10.5. The molecule has 6 atom stereocenters. The lowest BCUT2D eigenvalue weighted by Crippen LogP contribution is -2.59. The molecule has 0 radical (unpaired) electrons. The molecule has 0 unspecified atom stereocenters. The third-order valence-electron chi connectivity index (χ3n) is 11.1. The first-order chi connectivity index (χ1) is 30.9. The highest BCUT2D eigenvalue weighted by Gasteiger charge is 2.35. The van der Waals surface area contributed by atoms with Crippen molar-refractivity contribution in [2.45, 2.75) is 166 Å². The average molecular weight is 908 g/mol. The van der Waals surface area contributed by atoms with Gasteiger partial charge in [-0.05, 0) is 43.2 Å². The number of nitrogens with zero attached hydrogens (tertiary/aromatic N) is 1. The van der Waals surface area contributed by atoms with Gasteiger partial charge in [0, 0.05) is 32.7 Å². The van der Waals surface area contributed by atoms with Crippen LogP contribution in [0.15, 0.2) is 60.7 Å². The maximum atomic E-state index is 13.5. The van der Waals surface area contributed by atoms with Crippen molar-refractivity contribution in [2.75, 3.05) is 7.05 Å². The molecule has 0 aliphatic heterocycles. The molecule has 0 aliphatic carbocycles. The number of carbonyl (C=O) groups is 8. The molecule has 0 heterocycles. The van der Waals surface area contributed by atoms with Gasteiger partial charge < -0.3 is 47.8 Å². The Morgan fingerprint density at radius 2 is 0.985 bits per heavy atom. The summed E-state index contributed by atoms with van der Waals surface area (Å²) in [7, 11) is 1.47. The third-order valence-corrected chi connectivity index (χ3v) is 11.1. The van der Waals surface area contributed by atoms with Crippen molar-refractivity contribution in [1.82, 2.24) is 26.2 Å². The Bertz CT molecular complexity index is 1810. The monoisotopic (exact) mass is 908 g/mol. The van der Waals surface area contributed by atoms with Crippen LogP contribution in [0.4, 0.5) is 0 Å². The Hall–Kier alpha value is -5.84. The van der Waals surface area contributed by atoms with E-state index in [0.29, 0.717) is 18.4 Å². The minimum atomic E-state index is -1.69. The standard InChI is InChI=1S/C48H73N7O10/c1-32(2)29-37(45(61)51-36(43(49)59)30-34-23-17-15-18-24-34)52-47(63)42(33(3)56)55(4)40(58)28-22-14-12-10-8-6-5-7-9-11-13-21-27-39(57)54-41(44(50)60)46(62)53-38(48(64)65)31-35-25-19-16-20-26-35/h15-20,23-26,32-33,36-38,41-42,56H,5-14,21-22,27-31H2,1-4H3,(H2,49,59)(H2,50,60)(H,51,61)(H,52,63)(H,53,62)(H,54,57)(H,64,65)/t33-,36-,37-,38+,41-,42-/m0/s1. The highest BCUT2D eigenvalue weighted by Crippen LogP contribution is 2.16. The summed E-state index contributed by atoms with van der Waals surface area (Å²) in [6, 6.07) is 11.5. The number of carboxylic acid groups (broad SMARTS) is 1. The molecule has 0 spiro atoms. The van der Waals surface area contributed by atoms with Crippen LogP contribution in [-0.2, 0) is 51.2 Å². The molecule has 0 aromatic heterocycles. The van der Waals surface area contributed by atoms with Gasteiger partial charge in [0.2, 0.25) is 35.4 Å². The molecule has 0 saturated carbocycles. The quantitative estimate of drug-likeness (QED) is 0.0383. The first-order valence-corrected chi connectivity index (χ1v) is 22.9. The fourth-order valence-corrected chi connectivity index (χ4v) is 7.49. The van der Waals surface area contributed by atoms with E-state index in [1.807, 2.05) is 44.2 Å². The number of aliphatic hydroxyl groups excluding tert-OH is 1. The van der Waals surface area contributed by atoms with E-state index < -0.39 is 77.7 Å². The van der Waals surface area contributed by atoms with Crippen molar-refractivity contribution in [3.05, 3.63) is 71.8 Å². The van der Waals surface area contributed by atoms with Crippen LogP contribution in [0.5, 0.6) is 0 Å². The van der Waals surface area contributed by atoms with Gasteiger partial charge in [-0.2, -0.15) is 0 Å². The predicted molar refractivity (Wildman–Crippen MR) is 246 cm³/mol. The second kappa shape index (κ2) is 30.3. The van der Waals surface area contributed by atoms with Crippen LogP contribution < -0.4 is 32.7 Å². The van der Waals surface area contributed by atoms with E-state index >= 15 is 0 Å². The number of likely N-dealkylation sites (N-methyl/N-ethyl adjacent to an activating group) is 1. The zero-order valence-electron chi connectivity index (χ0n) is 38.6. The van der Waals surface area contributed by atoms with Gasteiger partial charge in [-0.1, -0.05) is 139 Å². The zero-order chi connectivity index (χ0) is 48.3. The number of amides is 7. The van der Waals surface area contributed by atoms with Crippen LogP contribution in [0.1, 0.15) is 128 Å². The first-order valence-electron chi connectivity index (χ1n) is 22.9. The number of nitrogens with two attached hydrogens (primary N) is 2. The minimum Gasteiger partial charge on any atom is -0.480 e. The lowest BCUT2D eigenvalue weighted by molar-refractivity contribution is -0.144. The van der Waals surface area contributed by atoms with Crippen molar-refractivity contribution < 1.29 is 48.6 Å². The van der Waals surface area contributed by atoms with Crippen molar-refractivity contribution in [2.24, 2.45) is 17.4 Å². The number of primary amides is 2. The molecule has 65 heavy (non-hydrogen) atoms. The SMILES string of the molecule is CC(C)C[C@H](NC(=O)[C@H]([C@H](C)O)N(C)C(=O)CCCCCCCCCCCCCCC(=O)N[C@@H](C(N)=O)C(=O)N[C@H](Cc1ccccc1)C(=O)O)C(=O)N[C@@H](Cc1ccccc1)C(N)=O. The highest BCUT2D eigenvalue weighted by molar-refractivity contribution is 6.07. The summed E-state index contributed by atoms with van der Waals surface area (Å²) in [5.41, 5.74) is 12.4. The van der Waals surface area contributed by atoms with Crippen molar-refractivity contribution in [1.29, 1.82) is 0 Å². The fraction of sp³-hybridized carbons (Fsp3) is 0.583. The molecule has 2 rings (SSSR count). The lowest BCUT2D eigenvalue weighted by Gasteiger charge is -2.31. The Balaban J connectivity index is 1.64. The fourth-order valence-electron chi connectivity index (χ4n) is 7.49. The molecule has 2 aromatic rings. The van der Waals surface area contributed by atoms with E-state index in [9.17, 15) is 48.6 Å². The minimum absolute atomic E-state index is 0.00506. The maximum absolute atomic E-state index is 13.5. The molecule has 17 heteroatoms. The molecule has 360 valence electrons. The number of aliphatic hydroxyl groups is 1. The number of aliphatic carboxylic acids is 1. The molecule has 0 saturated heterocycles. The van der Waals surface area contributed by atoms with E-state index in [0.717, 1.165) is 69.8 Å². The van der Waals surface area contributed by atoms with Crippen LogP contribution in [0, 0.1) is 5.92 Å². The van der Waals surface area contributed by atoms with Gasteiger partial charge in [0.25, 0.3) is 5.91 Å². The number of unbranched alkanes of at least 4 members (excludes halogenated alkanes) is 11. The summed E-state index contributed by atoms with van der Waals surface area (Å²) >= 11 is 0. The van der Waals surface area contributed by atoms with E-state index in [4.69, 9.17) is 11.5 Å². The van der Waals surface area contributed by atoms with E-state index in [1.54, 1.807) is 30.3 Å². The Morgan fingerprint density at radius 1 is 0.554 bits per heavy atom. The lowest BCUT2D eigenvalue weighted by atomic mass is 10.00. The van der Waals surface area contributed by atoms with Gasteiger partial charge in [0.05, 0.1) is 6.10 Å². The summed E-state index contributed by atoms with van der Waals surface area (Å²) in [5.74, 6) is -6.14. The molecular weight excluding hydrogens is 835 g/mol. The molecule has 7 amide bonds. The van der Waals surface area contributed by atoms with Gasteiger partial charge in [-0.25, -0.2) is 4.79 Å². The molecular formula is C48H73N7O10. The van der Waals surface area contributed by atoms with E-state index in [2.05, 4.69) is 21.3 Å². The number of carboxylic acids is 1. The summed E-state index contributed by atoms with van der Waals surface area (Å²) in [6.45, 7) is 5.19. The van der Waals surface area contributed by atoms with E-state index in [-0.39, 0.29) is 43.9 Å². The van der Waals surface area contributed by atoms with Crippen molar-refractivity contribution in [3.63, 3.8) is 0 Å². The number of rotatable bonds is 33. The third kappa shape index (κ3) is 22.1. The van der Waals surface area contributed by atoms with Gasteiger partial charge in [-0.15, -0.1) is 0 Å². The Kier molecular flexibility index (Phi) is 25.8. The Morgan fingerprint density at radius 3 is 1.42 bits per heavy atom. The summed E-state index contributed by atoms with van der Waals surface area (Å²) < 4.78 is 0. The Labute approximate surface area is 383 Å². The van der Waals surface area contributed by atoms with Crippen LogP contribution in [0.3, 0.4) is 0 Å². The maximum Gasteiger partial charge on any atom is 0.326 e. The van der Waals surface area contributed by atoms with E-state index in [1.165, 1.54) is 18.9 Å². The molecule has 17 nitrogen and oxygen atoms in total. The van der Waals surface area contributed by atoms with Crippen LogP contribution >= 0.6 is 0 Å². The second-order valence-corrected chi connectivity index (χ2v) is 17.3. The molecule has 0 fully saturated rings. The number of benzene rings is 2. The number of hydrogen-bond donors (Lipinski definition) is 8. The topological polar surface area (TPSA) is 280 Å². The van der Waals surface area contributed by atoms with Crippen LogP contribution in [0.2, 0.25) is 0 Å². The van der Waals surface area contributed by atoms with Gasteiger partial charge >= 0.3 is 5.97 Å². The number of hydrogen-bond acceptors (Lipinski definition) is 9. The normalized spacial score (nSPS) is 13.9. The molecule has 0 aliphatic rings. The zero-order valence-corrected chi connectivity index (χ0v) is 38.6. The number of nitrogens with one attached hydrogen (secondary N) is 4. The van der Waals surface area contributed by atoms with Gasteiger partial charge in [0.15, 0.2) is 6.04 Å².